The molecule has 2 heterocycles. The molecule has 6 heteroatoms. The summed E-state index contributed by atoms with van der Waals surface area (Å²) in [6, 6.07) is 12.3. The van der Waals surface area contributed by atoms with Gasteiger partial charge in [-0.25, -0.2) is 0 Å². The zero-order valence-corrected chi connectivity index (χ0v) is 15.8. The number of aromatic nitrogens is 2. The molecule has 3 rings (SSSR count). The van der Waals surface area contributed by atoms with E-state index in [2.05, 4.69) is 56.6 Å². The summed E-state index contributed by atoms with van der Waals surface area (Å²) in [4.78, 5) is 16.7. The SMILES string of the molecule is O=C(CN1CCN(C/C=C/c2ccccc2)CC1)NCCCn1cccn1. The number of carbonyl (C=O) groups excluding carboxylic acids is 1. The van der Waals surface area contributed by atoms with E-state index in [-0.39, 0.29) is 5.91 Å². The fraction of sp³-hybridized carbons (Fsp3) is 0.429. The maximum atomic E-state index is 12.1. The van der Waals surface area contributed by atoms with Gasteiger partial charge in [0.25, 0.3) is 0 Å². The molecule has 0 bridgehead atoms. The summed E-state index contributed by atoms with van der Waals surface area (Å²) in [5, 5.41) is 7.17. The molecular formula is C21H29N5O. The first-order valence-corrected chi connectivity index (χ1v) is 9.70. The highest BCUT2D eigenvalue weighted by Crippen LogP contribution is 2.04. The number of carbonyl (C=O) groups is 1. The first-order chi connectivity index (χ1) is 13.3. The lowest BCUT2D eigenvalue weighted by molar-refractivity contribution is -0.122. The van der Waals surface area contributed by atoms with Crippen molar-refractivity contribution in [2.75, 3.05) is 45.8 Å². The molecule has 0 atom stereocenters. The molecule has 6 nitrogen and oxygen atoms in total. The minimum Gasteiger partial charge on any atom is -0.355 e. The number of rotatable bonds is 9. The van der Waals surface area contributed by atoms with Gasteiger partial charge >= 0.3 is 0 Å². The first kappa shape index (κ1) is 19.3. The summed E-state index contributed by atoms with van der Waals surface area (Å²) in [6.07, 6.45) is 9.00. The summed E-state index contributed by atoms with van der Waals surface area (Å²) in [7, 11) is 0. The van der Waals surface area contributed by atoms with Crippen LogP contribution < -0.4 is 5.32 Å². The van der Waals surface area contributed by atoms with Gasteiger partial charge in [-0.2, -0.15) is 5.10 Å². The fourth-order valence-corrected chi connectivity index (χ4v) is 3.19. The maximum Gasteiger partial charge on any atom is 0.234 e. The Hall–Kier alpha value is -2.44. The maximum absolute atomic E-state index is 12.1. The van der Waals surface area contributed by atoms with Gasteiger partial charge in [0.1, 0.15) is 0 Å². The second kappa shape index (κ2) is 10.6. The number of aryl methyl sites for hydroxylation is 1. The van der Waals surface area contributed by atoms with Crippen molar-refractivity contribution in [2.24, 2.45) is 0 Å². The van der Waals surface area contributed by atoms with Crippen LogP contribution >= 0.6 is 0 Å². The quantitative estimate of drug-likeness (QED) is 0.686. The number of piperazine rings is 1. The Balaban J connectivity index is 1.26. The highest BCUT2D eigenvalue weighted by Gasteiger charge is 2.17. The topological polar surface area (TPSA) is 53.4 Å². The van der Waals surface area contributed by atoms with E-state index in [0.29, 0.717) is 13.1 Å². The first-order valence-electron chi connectivity index (χ1n) is 9.70. The Morgan fingerprint density at radius 2 is 1.85 bits per heavy atom. The van der Waals surface area contributed by atoms with Crippen LogP contribution in [0.1, 0.15) is 12.0 Å². The van der Waals surface area contributed by atoms with Crippen molar-refractivity contribution in [2.45, 2.75) is 13.0 Å². The molecule has 0 saturated carbocycles. The molecule has 1 aliphatic rings. The van der Waals surface area contributed by atoms with Crippen LogP contribution in [-0.2, 0) is 11.3 Å². The van der Waals surface area contributed by atoms with Crippen LogP contribution in [0.15, 0.2) is 54.9 Å². The van der Waals surface area contributed by atoms with Gasteiger partial charge in [0.2, 0.25) is 5.91 Å². The van der Waals surface area contributed by atoms with E-state index < -0.39 is 0 Å². The molecule has 27 heavy (non-hydrogen) atoms. The standard InChI is InChI=1S/C21H29N5O/c27-21(22-10-5-13-26-14-6-11-23-26)19-25-17-15-24(16-18-25)12-4-9-20-7-2-1-3-8-20/h1-4,6-9,11,14H,5,10,12-13,15-19H2,(H,22,27)/b9-4+. The zero-order chi connectivity index (χ0) is 18.7. The van der Waals surface area contributed by atoms with Crippen molar-refractivity contribution in [1.29, 1.82) is 0 Å². The second-order valence-electron chi connectivity index (χ2n) is 6.86. The molecule has 0 spiro atoms. The molecule has 0 unspecified atom stereocenters. The van der Waals surface area contributed by atoms with Crippen molar-refractivity contribution in [3.05, 3.63) is 60.4 Å². The highest BCUT2D eigenvalue weighted by molar-refractivity contribution is 5.77. The van der Waals surface area contributed by atoms with Crippen molar-refractivity contribution >= 4 is 12.0 Å². The zero-order valence-electron chi connectivity index (χ0n) is 15.8. The average molecular weight is 367 g/mol. The third-order valence-corrected chi connectivity index (χ3v) is 4.75. The predicted molar refractivity (Wildman–Crippen MR) is 108 cm³/mol. The summed E-state index contributed by atoms with van der Waals surface area (Å²) >= 11 is 0. The molecule has 0 radical (unpaired) electrons. The van der Waals surface area contributed by atoms with Crippen LogP contribution in [0.3, 0.4) is 0 Å². The Morgan fingerprint density at radius 3 is 2.59 bits per heavy atom. The molecular weight excluding hydrogens is 338 g/mol. The molecule has 1 N–H and O–H groups in total. The lowest BCUT2D eigenvalue weighted by Gasteiger charge is -2.33. The highest BCUT2D eigenvalue weighted by atomic mass is 16.2. The smallest absolute Gasteiger partial charge is 0.234 e. The van der Waals surface area contributed by atoms with E-state index in [9.17, 15) is 4.79 Å². The third kappa shape index (κ3) is 7.00. The number of benzene rings is 1. The summed E-state index contributed by atoms with van der Waals surface area (Å²) in [5.41, 5.74) is 1.24. The lowest BCUT2D eigenvalue weighted by atomic mass is 10.2. The molecule has 1 amide bonds. The molecule has 1 fully saturated rings. The van der Waals surface area contributed by atoms with E-state index in [0.717, 1.165) is 45.7 Å². The van der Waals surface area contributed by atoms with Crippen LogP contribution in [0.25, 0.3) is 6.08 Å². The van der Waals surface area contributed by atoms with Crippen LogP contribution in [0.4, 0.5) is 0 Å². The third-order valence-electron chi connectivity index (χ3n) is 4.75. The van der Waals surface area contributed by atoms with Gasteiger partial charge in [-0.3, -0.25) is 19.3 Å². The Bertz CT molecular complexity index is 691. The molecule has 1 aromatic heterocycles. The number of hydrogen-bond acceptors (Lipinski definition) is 4. The number of hydrogen-bond donors (Lipinski definition) is 1. The predicted octanol–water partition coefficient (Wildman–Crippen LogP) is 1.72. The molecule has 144 valence electrons. The van der Waals surface area contributed by atoms with E-state index >= 15 is 0 Å². The Kier molecular flexibility index (Phi) is 7.62. The van der Waals surface area contributed by atoms with Crippen LogP contribution in [0, 0.1) is 0 Å². The lowest BCUT2D eigenvalue weighted by Crippen LogP contribution is -2.49. The second-order valence-corrected chi connectivity index (χ2v) is 6.86. The molecule has 1 saturated heterocycles. The monoisotopic (exact) mass is 367 g/mol. The van der Waals surface area contributed by atoms with Gasteiger partial charge < -0.3 is 5.32 Å². The Labute approximate surface area is 161 Å². The number of nitrogens with one attached hydrogen (secondary N) is 1. The normalized spacial score (nSPS) is 16.0. The van der Waals surface area contributed by atoms with Crippen LogP contribution in [0.5, 0.6) is 0 Å². The molecule has 0 aliphatic carbocycles. The van der Waals surface area contributed by atoms with Crippen molar-refractivity contribution in [1.82, 2.24) is 24.9 Å². The van der Waals surface area contributed by atoms with Gasteiger partial charge in [0, 0.05) is 58.2 Å². The average Bonchev–Trinajstić information content (AvgIpc) is 3.21. The van der Waals surface area contributed by atoms with Crippen LogP contribution in [-0.4, -0.2) is 71.3 Å². The van der Waals surface area contributed by atoms with Crippen LogP contribution in [0.2, 0.25) is 0 Å². The molecule has 1 aromatic carbocycles. The van der Waals surface area contributed by atoms with Gasteiger partial charge in [-0.15, -0.1) is 0 Å². The fourth-order valence-electron chi connectivity index (χ4n) is 3.19. The van der Waals surface area contributed by atoms with Gasteiger partial charge in [0.05, 0.1) is 6.54 Å². The molecule has 1 aliphatic heterocycles. The summed E-state index contributed by atoms with van der Waals surface area (Å²) in [6.45, 7) is 6.89. The van der Waals surface area contributed by atoms with E-state index in [1.54, 1.807) is 6.20 Å². The van der Waals surface area contributed by atoms with Crippen molar-refractivity contribution in [3.8, 4) is 0 Å². The van der Waals surface area contributed by atoms with Crippen molar-refractivity contribution < 1.29 is 4.79 Å². The Morgan fingerprint density at radius 1 is 1.07 bits per heavy atom. The van der Waals surface area contributed by atoms with E-state index in [1.807, 2.05) is 23.0 Å². The minimum atomic E-state index is 0.118. The molecule has 2 aromatic rings. The summed E-state index contributed by atoms with van der Waals surface area (Å²) < 4.78 is 1.89. The minimum absolute atomic E-state index is 0.118. The van der Waals surface area contributed by atoms with E-state index in [4.69, 9.17) is 0 Å². The van der Waals surface area contributed by atoms with E-state index in [1.165, 1.54) is 5.56 Å². The van der Waals surface area contributed by atoms with Gasteiger partial charge in [-0.1, -0.05) is 42.5 Å². The number of nitrogens with zero attached hydrogens (tertiary/aromatic N) is 4. The van der Waals surface area contributed by atoms with Gasteiger partial charge in [0.15, 0.2) is 0 Å². The van der Waals surface area contributed by atoms with Gasteiger partial charge in [-0.05, 0) is 18.1 Å². The largest absolute Gasteiger partial charge is 0.355 e. The summed E-state index contributed by atoms with van der Waals surface area (Å²) in [5.74, 6) is 0.118. The van der Waals surface area contributed by atoms with Crippen molar-refractivity contribution in [3.63, 3.8) is 0 Å². The number of amides is 1.